The molecule has 0 spiro atoms. The number of hydrogen-bond acceptors (Lipinski definition) is 2. The fraction of sp³-hybridized carbons (Fsp3) is 0.304. The molecule has 1 N–H and O–H groups in total. The third kappa shape index (κ3) is 5.30. The Bertz CT molecular complexity index is 841. The Morgan fingerprint density at radius 2 is 1.59 bits per heavy atom. The van der Waals surface area contributed by atoms with Gasteiger partial charge >= 0.3 is 0 Å². The molecule has 0 unspecified atom stereocenters. The van der Waals surface area contributed by atoms with Gasteiger partial charge in [-0.2, -0.15) is 5.10 Å². The van der Waals surface area contributed by atoms with E-state index in [1.807, 2.05) is 66.7 Å². The van der Waals surface area contributed by atoms with Crippen LogP contribution < -0.4 is 5.32 Å². The summed E-state index contributed by atoms with van der Waals surface area (Å²) >= 11 is 0. The lowest BCUT2D eigenvalue weighted by Crippen LogP contribution is -2.14. The largest absolute Gasteiger partial charge is 0.311 e. The lowest BCUT2D eigenvalue weighted by atomic mass is 10.1. The predicted octanol–water partition coefficient (Wildman–Crippen LogP) is 5.84. The first-order chi connectivity index (χ1) is 13.3. The van der Waals surface area contributed by atoms with Crippen molar-refractivity contribution in [2.75, 3.05) is 5.32 Å². The molecule has 0 bridgehead atoms. The zero-order valence-corrected chi connectivity index (χ0v) is 15.9. The van der Waals surface area contributed by atoms with Gasteiger partial charge in [-0.3, -0.25) is 4.79 Å². The summed E-state index contributed by atoms with van der Waals surface area (Å²) in [6, 6.07) is 21.8. The number of aromatic nitrogens is 2. The number of hydrogen-bond donors (Lipinski definition) is 1. The van der Waals surface area contributed by atoms with Gasteiger partial charge in [-0.05, 0) is 18.6 Å². The van der Waals surface area contributed by atoms with Gasteiger partial charge in [-0.25, -0.2) is 4.68 Å². The highest BCUT2D eigenvalue weighted by atomic mass is 16.1. The Morgan fingerprint density at radius 1 is 0.926 bits per heavy atom. The number of para-hydroxylation sites is 1. The van der Waals surface area contributed by atoms with Crippen LogP contribution in [0, 0.1) is 0 Å². The Balaban J connectivity index is 1.76. The van der Waals surface area contributed by atoms with Crippen LogP contribution in [0.4, 0.5) is 5.82 Å². The maximum Gasteiger partial charge on any atom is 0.225 e. The van der Waals surface area contributed by atoms with Crippen molar-refractivity contribution in [3.05, 3.63) is 66.7 Å². The molecule has 0 radical (unpaired) electrons. The Kier molecular flexibility index (Phi) is 6.80. The standard InChI is InChI=1S/C23H27N3O/c1-2-3-4-5-12-17-23(27)24-22-18-21(19-13-8-6-9-14-19)25-26(22)20-15-10-7-11-16-20/h6-11,13-16,18H,2-5,12,17H2,1H3,(H,24,27). The van der Waals surface area contributed by atoms with E-state index in [2.05, 4.69) is 12.2 Å². The molecule has 0 atom stereocenters. The lowest BCUT2D eigenvalue weighted by molar-refractivity contribution is -0.116. The molecule has 0 saturated heterocycles. The van der Waals surface area contributed by atoms with Gasteiger partial charge < -0.3 is 5.32 Å². The molecule has 3 rings (SSSR count). The molecule has 3 aromatic rings. The Labute approximate surface area is 161 Å². The first-order valence-electron chi connectivity index (χ1n) is 9.78. The van der Waals surface area contributed by atoms with E-state index >= 15 is 0 Å². The van der Waals surface area contributed by atoms with Gasteiger partial charge in [0.25, 0.3) is 0 Å². The molecule has 4 nitrogen and oxygen atoms in total. The summed E-state index contributed by atoms with van der Waals surface area (Å²) < 4.78 is 1.80. The fourth-order valence-electron chi connectivity index (χ4n) is 3.08. The van der Waals surface area contributed by atoms with Gasteiger partial charge in [-0.15, -0.1) is 0 Å². The minimum absolute atomic E-state index is 0.0446. The molecule has 27 heavy (non-hydrogen) atoms. The topological polar surface area (TPSA) is 46.9 Å². The molecule has 0 aliphatic rings. The number of rotatable bonds is 9. The lowest BCUT2D eigenvalue weighted by Gasteiger charge is -2.08. The number of nitrogens with one attached hydrogen (secondary N) is 1. The maximum atomic E-state index is 12.4. The van der Waals surface area contributed by atoms with Gasteiger partial charge in [0.05, 0.1) is 11.4 Å². The smallest absolute Gasteiger partial charge is 0.225 e. The maximum absolute atomic E-state index is 12.4. The van der Waals surface area contributed by atoms with Crippen LogP contribution in [-0.4, -0.2) is 15.7 Å². The number of carbonyl (C=O) groups is 1. The average molecular weight is 361 g/mol. The monoisotopic (exact) mass is 361 g/mol. The van der Waals surface area contributed by atoms with Crippen LogP contribution in [-0.2, 0) is 4.79 Å². The number of unbranched alkanes of at least 4 members (excludes halogenated alkanes) is 4. The number of nitrogens with zero attached hydrogens (tertiary/aromatic N) is 2. The summed E-state index contributed by atoms with van der Waals surface area (Å²) in [7, 11) is 0. The Morgan fingerprint density at radius 3 is 2.30 bits per heavy atom. The zero-order chi connectivity index (χ0) is 18.9. The molecule has 0 aliphatic carbocycles. The van der Waals surface area contributed by atoms with Crippen molar-refractivity contribution in [2.24, 2.45) is 0 Å². The normalized spacial score (nSPS) is 10.7. The van der Waals surface area contributed by atoms with Gasteiger partial charge in [0.15, 0.2) is 0 Å². The van der Waals surface area contributed by atoms with E-state index in [1.54, 1.807) is 4.68 Å². The van der Waals surface area contributed by atoms with Crippen LogP contribution in [0.3, 0.4) is 0 Å². The predicted molar refractivity (Wildman–Crippen MR) is 111 cm³/mol. The highest BCUT2D eigenvalue weighted by Crippen LogP contribution is 2.25. The van der Waals surface area contributed by atoms with E-state index in [0.717, 1.165) is 29.8 Å². The van der Waals surface area contributed by atoms with Crippen LogP contribution in [0.1, 0.15) is 45.4 Å². The molecular weight excluding hydrogens is 334 g/mol. The van der Waals surface area contributed by atoms with Crippen molar-refractivity contribution >= 4 is 11.7 Å². The molecule has 2 aromatic carbocycles. The fourth-order valence-corrected chi connectivity index (χ4v) is 3.08. The van der Waals surface area contributed by atoms with Gasteiger partial charge in [-0.1, -0.05) is 81.1 Å². The summed E-state index contributed by atoms with van der Waals surface area (Å²) in [4.78, 5) is 12.4. The van der Waals surface area contributed by atoms with Crippen LogP contribution in [0.15, 0.2) is 66.7 Å². The second-order valence-corrected chi connectivity index (χ2v) is 6.74. The van der Waals surface area contributed by atoms with E-state index < -0.39 is 0 Å². The number of carbonyl (C=O) groups excluding carboxylic acids is 1. The highest BCUT2D eigenvalue weighted by molar-refractivity contribution is 5.90. The number of anilines is 1. The first kappa shape index (κ1) is 18.9. The van der Waals surface area contributed by atoms with Crippen LogP contribution >= 0.6 is 0 Å². The average Bonchev–Trinajstić information content (AvgIpc) is 3.13. The Hall–Kier alpha value is -2.88. The van der Waals surface area contributed by atoms with Crippen molar-refractivity contribution in [1.29, 1.82) is 0 Å². The van der Waals surface area contributed by atoms with Crippen LogP contribution in [0.2, 0.25) is 0 Å². The van der Waals surface area contributed by atoms with E-state index in [-0.39, 0.29) is 5.91 Å². The van der Waals surface area contributed by atoms with Gasteiger partial charge in [0.1, 0.15) is 5.82 Å². The number of amides is 1. The first-order valence-corrected chi connectivity index (χ1v) is 9.78. The molecule has 140 valence electrons. The van der Waals surface area contributed by atoms with Crippen molar-refractivity contribution in [2.45, 2.75) is 45.4 Å². The highest BCUT2D eigenvalue weighted by Gasteiger charge is 2.13. The molecule has 4 heteroatoms. The minimum Gasteiger partial charge on any atom is -0.311 e. The van der Waals surface area contributed by atoms with Crippen LogP contribution in [0.5, 0.6) is 0 Å². The second-order valence-electron chi connectivity index (χ2n) is 6.74. The SMILES string of the molecule is CCCCCCCC(=O)Nc1cc(-c2ccccc2)nn1-c1ccccc1. The third-order valence-electron chi connectivity index (χ3n) is 4.55. The molecule has 0 aliphatic heterocycles. The summed E-state index contributed by atoms with van der Waals surface area (Å²) in [6.45, 7) is 2.20. The molecule has 1 heterocycles. The van der Waals surface area contributed by atoms with Crippen molar-refractivity contribution in [3.8, 4) is 16.9 Å². The van der Waals surface area contributed by atoms with Crippen LogP contribution in [0.25, 0.3) is 16.9 Å². The molecule has 1 aromatic heterocycles. The molecular formula is C23H27N3O. The van der Waals surface area contributed by atoms with E-state index in [0.29, 0.717) is 12.2 Å². The minimum atomic E-state index is 0.0446. The zero-order valence-electron chi connectivity index (χ0n) is 15.9. The summed E-state index contributed by atoms with van der Waals surface area (Å²) in [6.07, 6.45) is 6.23. The van der Waals surface area contributed by atoms with Gasteiger partial charge in [0.2, 0.25) is 5.91 Å². The van der Waals surface area contributed by atoms with E-state index in [9.17, 15) is 4.79 Å². The van der Waals surface area contributed by atoms with Crippen molar-refractivity contribution in [1.82, 2.24) is 9.78 Å². The quantitative estimate of drug-likeness (QED) is 0.487. The van der Waals surface area contributed by atoms with Gasteiger partial charge in [0, 0.05) is 18.1 Å². The summed E-state index contributed by atoms with van der Waals surface area (Å²) in [5.41, 5.74) is 2.80. The molecule has 0 saturated carbocycles. The molecule has 0 fully saturated rings. The number of benzene rings is 2. The van der Waals surface area contributed by atoms with E-state index in [1.165, 1.54) is 19.3 Å². The second kappa shape index (κ2) is 9.72. The van der Waals surface area contributed by atoms with Crippen molar-refractivity contribution < 1.29 is 4.79 Å². The van der Waals surface area contributed by atoms with E-state index in [4.69, 9.17) is 5.10 Å². The molecule has 1 amide bonds. The van der Waals surface area contributed by atoms with Crippen molar-refractivity contribution in [3.63, 3.8) is 0 Å². The third-order valence-corrected chi connectivity index (χ3v) is 4.55. The summed E-state index contributed by atoms with van der Waals surface area (Å²) in [5.74, 6) is 0.752. The summed E-state index contributed by atoms with van der Waals surface area (Å²) in [5, 5.41) is 7.78.